The third kappa shape index (κ3) is 5.74. The molecule has 1 aromatic rings. The Morgan fingerprint density at radius 1 is 1.24 bits per heavy atom. The normalized spacial score (nSPS) is 18.2. The zero-order valence-electron chi connectivity index (χ0n) is 13.8. The molecule has 2 aliphatic rings. The third-order valence-electron chi connectivity index (χ3n) is 3.90. The molecule has 1 saturated heterocycles. The van der Waals surface area contributed by atoms with Gasteiger partial charge in [0.1, 0.15) is 0 Å². The quantitative estimate of drug-likeness (QED) is 0.417. The number of hydrogen-bond acceptors (Lipinski definition) is 7. The van der Waals surface area contributed by atoms with Crippen molar-refractivity contribution < 1.29 is 23.8 Å². The summed E-state index contributed by atoms with van der Waals surface area (Å²) in [6.45, 7) is -0.0923. The van der Waals surface area contributed by atoms with Crippen molar-refractivity contribution in [2.75, 3.05) is 24.5 Å². The molecule has 1 amide bonds. The summed E-state index contributed by atoms with van der Waals surface area (Å²) in [6.07, 6.45) is 4.61. The number of rotatable bonds is 8. The van der Waals surface area contributed by atoms with E-state index in [0.29, 0.717) is 23.6 Å². The van der Waals surface area contributed by atoms with Gasteiger partial charge in [-0.2, -0.15) is 0 Å². The Balaban J connectivity index is 1.29. The van der Waals surface area contributed by atoms with Gasteiger partial charge in [0.05, 0.1) is 0 Å². The monoisotopic (exact) mass is 383 g/mol. The van der Waals surface area contributed by atoms with Gasteiger partial charge in [-0.3, -0.25) is 9.59 Å². The number of carbonyl (C=O) groups is 2. The molecule has 0 radical (unpaired) electrons. The van der Waals surface area contributed by atoms with E-state index >= 15 is 0 Å². The highest BCUT2D eigenvalue weighted by molar-refractivity contribution is 8.77. The van der Waals surface area contributed by atoms with Crippen LogP contribution in [0.3, 0.4) is 0 Å². The fourth-order valence-corrected chi connectivity index (χ4v) is 5.62. The maximum absolute atomic E-state index is 11.9. The summed E-state index contributed by atoms with van der Waals surface area (Å²) < 4.78 is 15.5. The SMILES string of the molecule is O=C(COC(=O)CCCC[C@@H]1CCSS1)Nc1ccc2c(c1)OCO2. The summed E-state index contributed by atoms with van der Waals surface area (Å²) in [6, 6.07) is 5.12. The first-order valence-electron chi connectivity index (χ1n) is 8.34. The molecule has 1 atom stereocenters. The highest BCUT2D eigenvalue weighted by Gasteiger charge is 2.17. The van der Waals surface area contributed by atoms with Gasteiger partial charge in [-0.05, 0) is 31.4 Å². The minimum atomic E-state index is -0.369. The second kappa shape index (κ2) is 9.24. The molecule has 0 aliphatic carbocycles. The molecule has 3 rings (SSSR count). The number of ether oxygens (including phenoxy) is 3. The van der Waals surface area contributed by atoms with Crippen molar-refractivity contribution in [3.8, 4) is 11.5 Å². The third-order valence-corrected chi connectivity index (χ3v) is 6.91. The van der Waals surface area contributed by atoms with Crippen LogP contribution in [0, 0.1) is 0 Å². The van der Waals surface area contributed by atoms with E-state index in [4.69, 9.17) is 14.2 Å². The lowest BCUT2D eigenvalue weighted by Gasteiger charge is -2.08. The van der Waals surface area contributed by atoms with Crippen LogP contribution in [-0.2, 0) is 14.3 Å². The number of anilines is 1. The van der Waals surface area contributed by atoms with E-state index in [1.807, 2.05) is 21.6 Å². The molecule has 0 saturated carbocycles. The number of hydrogen-bond donors (Lipinski definition) is 1. The van der Waals surface area contributed by atoms with Gasteiger partial charge in [0, 0.05) is 29.2 Å². The van der Waals surface area contributed by atoms with Crippen LogP contribution in [0.25, 0.3) is 0 Å². The minimum absolute atomic E-state index is 0.183. The fraction of sp³-hybridized carbons (Fsp3) is 0.529. The highest BCUT2D eigenvalue weighted by atomic mass is 33.1. The molecule has 2 aliphatic heterocycles. The number of nitrogens with one attached hydrogen (secondary N) is 1. The van der Waals surface area contributed by atoms with E-state index < -0.39 is 0 Å². The van der Waals surface area contributed by atoms with Gasteiger partial charge in [0.2, 0.25) is 6.79 Å². The molecule has 0 unspecified atom stereocenters. The van der Waals surface area contributed by atoms with Crippen LogP contribution in [0.15, 0.2) is 18.2 Å². The molecular formula is C17H21NO5S2. The van der Waals surface area contributed by atoms with Crippen LogP contribution in [-0.4, -0.2) is 36.3 Å². The maximum atomic E-state index is 11.9. The zero-order chi connectivity index (χ0) is 17.5. The molecule has 2 heterocycles. The van der Waals surface area contributed by atoms with E-state index in [9.17, 15) is 9.59 Å². The van der Waals surface area contributed by atoms with Crippen LogP contribution in [0.1, 0.15) is 32.1 Å². The summed E-state index contributed by atoms with van der Waals surface area (Å²) in [4.78, 5) is 23.6. The average Bonchev–Trinajstić information content (AvgIpc) is 3.28. The predicted octanol–water partition coefficient (Wildman–Crippen LogP) is 3.61. The number of benzene rings is 1. The van der Waals surface area contributed by atoms with Crippen LogP contribution in [0.4, 0.5) is 5.69 Å². The summed E-state index contributed by atoms with van der Waals surface area (Å²) >= 11 is 0. The molecule has 0 spiro atoms. The average molecular weight is 383 g/mol. The molecule has 1 fully saturated rings. The zero-order valence-corrected chi connectivity index (χ0v) is 15.5. The van der Waals surface area contributed by atoms with E-state index in [1.165, 1.54) is 12.2 Å². The molecule has 1 aromatic carbocycles. The fourth-order valence-electron chi connectivity index (χ4n) is 2.60. The van der Waals surface area contributed by atoms with E-state index in [1.54, 1.807) is 18.2 Å². The van der Waals surface area contributed by atoms with Crippen molar-refractivity contribution in [2.45, 2.75) is 37.4 Å². The lowest BCUT2D eigenvalue weighted by atomic mass is 10.1. The summed E-state index contributed by atoms with van der Waals surface area (Å²) in [5.74, 6) is 1.78. The Labute approximate surface area is 154 Å². The Morgan fingerprint density at radius 2 is 2.12 bits per heavy atom. The lowest BCUT2D eigenvalue weighted by Crippen LogP contribution is -2.20. The van der Waals surface area contributed by atoms with Crippen molar-refractivity contribution in [1.82, 2.24) is 0 Å². The Kier molecular flexibility index (Phi) is 6.75. The van der Waals surface area contributed by atoms with Gasteiger partial charge in [-0.25, -0.2) is 0 Å². The molecule has 8 heteroatoms. The molecule has 25 heavy (non-hydrogen) atoms. The second-order valence-corrected chi connectivity index (χ2v) is 8.64. The van der Waals surface area contributed by atoms with Crippen LogP contribution < -0.4 is 14.8 Å². The number of amides is 1. The summed E-state index contributed by atoms with van der Waals surface area (Å²) in [7, 11) is 3.89. The predicted molar refractivity (Wildman–Crippen MR) is 99.1 cm³/mol. The number of fused-ring (bicyclic) bond motifs is 1. The van der Waals surface area contributed by atoms with Gasteiger partial charge in [-0.1, -0.05) is 28.0 Å². The topological polar surface area (TPSA) is 73.9 Å². The first-order valence-corrected chi connectivity index (χ1v) is 10.7. The van der Waals surface area contributed by atoms with Gasteiger partial charge >= 0.3 is 5.97 Å². The number of esters is 1. The smallest absolute Gasteiger partial charge is 0.306 e. The van der Waals surface area contributed by atoms with E-state index in [0.717, 1.165) is 24.5 Å². The number of carbonyl (C=O) groups excluding carboxylic acids is 2. The Hall–Kier alpha value is -1.54. The van der Waals surface area contributed by atoms with Crippen molar-refractivity contribution in [2.24, 2.45) is 0 Å². The van der Waals surface area contributed by atoms with Crippen molar-refractivity contribution in [3.05, 3.63) is 18.2 Å². The Morgan fingerprint density at radius 3 is 2.96 bits per heavy atom. The van der Waals surface area contributed by atoms with Crippen molar-refractivity contribution in [1.29, 1.82) is 0 Å². The van der Waals surface area contributed by atoms with Gasteiger partial charge in [-0.15, -0.1) is 0 Å². The molecular weight excluding hydrogens is 362 g/mol. The minimum Gasteiger partial charge on any atom is -0.456 e. The molecule has 136 valence electrons. The van der Waals surface area contributed by atoms with Gasteiger partial charge < -0.3 is 19.5 Å². The maximum Gasteiger partial charge on any atom is 0.306 e. The second-order valence-electron chi connectivity index (χ2n) is 5.85. The number of unbranched alkanes of at least 4 members (excludes halogenated alkanes) is 1. The van der Waals surface area contributed by atoms with E-state index in [-0.39, 0.29) is 25.3 Å². The molecule has 0 aromatic heterocycles. The summed E-state index contributed by atoms with van der Waals surface area (Å²) in [5.41, 5.74) is 0.581. The molecule has 6 nitrogen and oxygen atoms in total. The van der Waals surface area contributed by atoms with Crippen LogP contribution in [0.2, 0.25) is 0 Å². The first-order chi connectivity index (χ1) is 12.2. The standard InChI is InChI=1S/C17H21NO5S2/c19-16(18-12-5-6-14-15(9-12)23-11-22-14)10-21-17(20)4-2-1-3-13-7-8-24-25-13/h5-6,9,13H,1-4,7-8,10-11H2,(H,18,19)/t13-/m1/s1. The summed E-state index contributed by atoms with van der Waals surface area (Å²) in [5, 5.41) is 3.40. The lowest BCUT2D eigenvalue weighted by molar-refractivity contribution is -0.147. The Bertz CT molecular complexity index is 619. The molecule has 1 N–H and O–H groups in total. The first kappa shape index (κ1) is 18.3. The van der Waals surface area contributed by atoms with Crippen LogP contribution in [0.5, 0.6) is 11.5 Å². The molecule has 0 bridgehead atoms. The van der Waals surface area contributed by atoms with Gasteiger partial charge in [0.15, 0.2) is 18.1 Å². The largest absolute Gasteiger partial charge is 0.456 e. The van der Waals surface area contributed by atoms with Crippen molar-refractivity contribution in [3.63, 3.8) is 0 Å². The highest BCUT2D eigenvalue weighted by Crippen LogP contribution is 2.39. The van der Waals surface area contributed by atoms with Gasteiger partial charge in [0.25, 0.3) is 5.91 Å². The van der Waals surface area contributed by atoms with E-state index in [2.05, 4.69) is 5.32 Å². The van der Waals surface area contributed by atoms with Crippen LogP contribution >= 0.6 is 21.6 Å². The van der Waals surface area contributed by atoms with Crippen molar-refractivity contribution >= 4 is 39.2 Å².